The van der Waals surface area contributed by atoms with Crippen molar-refractivity contribution in [2.75, 3.05) is 0 Å². The summed E-state index contributed by atoms with van der Waals surface area (Å²) >= 11 is 0. The van der Waals surface area contributed by atoms with Gasteiger partial charge in [-0.05, 0) is 68.8 Å². The lowest BCUT2D eigenvalue weighted by atomic mass is 9.67. The van der Waals surface area contributed by atoms with E-state index < -0.39 is 0 Å². The number of fused-ring (bicyclic) bond motifs is 7. The minimum atomic E-state index is 0.288. The van der Waals surface area contributed by atoms with Crippen LogP contribution in [0.5, 0.6) is 0 Å². The molecular formula is C35H29N. The molecule has 2 aliphatic carbocycles. The Morgan fingerprint density at radius 1 is 0.639 bits per heavy atom. The van der Waals surface area contributed by atoms with Gasteiger partial charge in [-0.2, -0.15) is 0 Å². The van der Waals surface area contributed by atoms with Gasteiger partial charge < -0.3 is 5.73 Å². The Hall–Kier alpha value is -4.10. The minimum absolute atomic E-state index is 0.288. The number of hydrogen-bond acceptors (Lipinski definition) is 1. The molecule has 0 saturated heterocycles. The largest absolute Gasteiger partial charge is 0.398 e. The van der Waals surface area contributed by atoms with E-state index in [0.717, 1.165) is 18.5 Å². The first-order valence-corrected chi connectivity index (χ1v) is 13.0. The van der Waals surface area contributed by atoms with Crippen LogP contribution < -0.4 is 5.73 Å². The first kappa shape index (κ1) is 21.2. The Balaban J connectivity index is 1.40. The van der Waals surface area contributed by atoms with Crippen LogP contribution in [-0.4, -0.2) is 0 Å². The Bertz CT molecular complexity index is 1590. The van der Waals surface area contributed by atoms with E-state index in [0.29, 0.717) is 11.8 Å². The van der Waals surface area contributed by atoms with Gasteiger partial charge in [0.15, 0.2) is 0 Å². The van der Waals surface area contributed by atoms with Crippen molar-refractivity contribution in [3.63, 3.8) is 0 Å². The number of allylic oxidation sites excluding steroid dienone is 1. The molecule has 7 rings (SSSR count). The molecule has 3 atom stereocenters. The molecule has 0 aromatic heterocycles. The summed E-state index contributed by atoms with van der Waals surface area (Å²) in [5.74, 6) is 1.00. The first-order chi connectivity index (χ1) is 17.8. The minimum Gasteiger partial charge on any atom is -0.398 e. The lowest BCUT2D eigenvalue weighted by Gasteiger charge is -2.36. The molecule has 174 valence electrons. The third-order valence-corrected chi connectivity index (χ3v) is 8.37. The van der Waals surface area contributed by atoms with Crippen molar-refractivity contribution in [1.29, 1.82) is 0 Å². The van der Waals surface area contributed by atoms with Gasteiger partial charge in [0, 0.05) is 17.2 Å². The van der Waals surface area contributed by atoms with E-state index in [4.69, 9.17) is 5.73 Å². The second-order valence-corrected chi connectivity index (χ2v) is 10.3. The van der Waals surface area contributed by atoms with Crippen LogP contribution in [0.2, 0.25) is 0 Å². The summed E-state index contributed by atoms with van der Waals surface area (Å²) < 4.78 is 0. The zero-order valence-corrected chi connectivity index (χ0v) is 20.3. The van der Waals surface area contributed by atoms with E-state index in [1.54, 1.807) is 0 Å². The fourth-order valence-corrected chi connectivity index (χ4v) is 6.70. The normalized spacial score (nSPS) is 20.6. The Morgan fingerprint density at radius 3 is 2.22 bits per heavy atom. The van der Waals surface area contributed by atoms with Gasteiger partial charge in [0.05, 0.1) is 0 Å². The van der Waals surface area contributed by atoms with Crippen LogP contribution >= 0.6 is 0 Å². The molecule has 3 unspecified atom stereocenters. The van der Waals surface area contributed by atoms with E-state index in [1.165, 1.54) is 49.7 Å². The standard InChI is InChI=1S/C35H29N/c36-33-22-32-28(26-16-14-24(15-17-26)23-8-2-1-3-9-23)21-20-27-19-18-25-10-4-5-11-29(25)34(27)35(32)31-13-7-6-12-30(31)33/h1-19,22,28,32,35H,20-21,36H2. The highest BCUT2D eigenvalue weighted by Crippen LogP contribution is 2.52. The maximum absolute atomic E-state index is 6.74. The van der Waals surface area contributed by atoms with Crippen molar-refractivity contribution >= 4 is 16.5 Å². The van der Waals surface area contributed by atoms with Crippen molar-refractivity contribution in [3.05, 3.63) is 149 Å². The Morgan fingerprint density at radius 2 is 1.36 bits per heavy atom. The monoisotopic (exact) mass is 463 g/mol. The summed E-state index contributed by atoms with van der Waals surface area (Å²) in [5.41, 5.74) is 17.1. The fourth-order valence-electron chi connectivity index (χ4n) is 6.70. The molecule has 0 spiro atoms. The van der Waals surface area contributed by atoms with Gasteiger partial charge in [-0.25, -0.2) is 0 Å². The predicted molar refractivity (Wildman–Crippen MR) is 151 cm³/mol. The van der Waals surface area contributed by atoms with Crippen LogP contribution in [0.15, 0.2) is 121 Å². The average molecular weight is 464 g/mol. The van der Waals surface area contributed by atoms with Crippen LogP contribution in [-0.2, 0) is 6.42 Å². The van der Waals surface area contributed by atoms with Crippen LogP contribution in [0.4, 0.5) is 0 Å². The summed E-state index contributed by atoms with van der Waals surface area (Å²) in [5, 5.41) is 2.70. The van der Waals surface area contributed by atoms with Crippen molar-refractivity contribution in [2.24, 2.45) is 11.7 Å². The lowest BCUT2D eigenvalue weighted by Crippen LogP contribution is -2.25. The third kappa shape index (κ3) is 3.38. The van der Waals surface area contributed by atoms with Gasteiger partial charge in [-0.15, -0.1) is 0 Å². The third-order valence-electron chi connectivity index (χ3n) is 8.37. The molecule has 36 heavy (non-hydrogen) atoms. The number of rotatable bonds is 2. The smallest absolute Gasteiger partial charge is 0.0353 e. The van der Waals surface area contributed by atoms with Gasteiger partial charge >= 0.3 is 0 Å². The van der Waals surface area contributed by atoms with Gasteiger partial charge in [0.1, 0.15) is 0 Å². The van der Waals surface area contributed by atoms with Crippen LogP contribution in [0.25, 0.3) is 27.6 Å². The topological polar surface area (TPSA) is 26.0 Å². The molecule has 0 heterocycles. The van der Waals surface area contributed by atoms with Gasteiger partial charge in [-0.3, -0.25) is 0 Å². The van der Waals surface area contributed by atoms with E-state index in [1.807, 2.05) is 0 Å². The highest BCUT2D eigenvalue weighted by Gasteiger charge is 2.39. The number of nitrogens with two attached hydrogens (primary N) is 1. The van der Waals surface area contributed by atoms with Crippen molar-refractivity contribution in [2.45, 2.75) is 24.7 Å². The molecule has 1 nitrogen and oxygen atoms in total. The summed E-state index contributed by atoms with van der Waals surface area (Å²) in [7, 11) is 0. The average Bonchev–Trinajstić information content (AvgIpc) is 3.11. The summed E-state index contributed by atoms with van der Waals surface area (Å²) in [6, 6.07) is 42.3. The van der Waals surface area contributed by atoms with Gasteiger partial charge in [-0.1, -0.05) is 121 Å². The number of aryl methyl sites for hydroxylation is 1. The molecule has 0 aliphatic heterocycles. The SMILES string of the molecule is NC1=CC2C(c3ccc(-c4ccccc4)cc3)CCc3ccc4ccccc4c3C2c2ccccc21. The highest BCUT2D eigenvalue weighted by atomic mass is 14.6. The predicted octanol–water partition coefficient (Wildman–Crippen LogP) is 8.30. The van der Waals surface area contributed by atoms with Crippen molar-refractivity contribution < 1.29 is 0 Å². The molecule has 5 aromatic carbocycles. The Kier molecular flexibility index (Phi) is 5.03. The van der Waals surface area contributed by atoms with Crippen molar-refractivity contribution in [3.8, 4) is 11.1 Å². The molecule has 0 saturated carbocycles. The quantitative estimate of drug-likeness (QED) is 0.280. The molecule has 0 radical (unpaired) electrons. The van der Waals surface area contributed by atoms with E-state index >= 15 is 0 Å². The van der Waals surface area contributed by atoms with Crippen LogP contribution in [0, 0.1) is 5.92 Å². The molecule has 1 heteroatoms. The van der Waals surface area contributed by atoms with E-state index in [9.17, 15) is 0 Å². The van der Waals surface area contributed by atoms with Crippen LogP contribution in [0.1, 0.15) is 46.1 Å². The zero-order chi connectivity index (χ0) is 24.1. The first-order valence-electron chi connectivity index (χ1n) is 13.0. The number of hydrogen-bond donors (Lipinski definition) is 1. The maximum Gasteiger partial charge on any atom is 0.0353 e. The molecular weight excluding hydrogens is 434 g/mol. The summed E-state index contributed by atoms with van der Waals surface area (Å²) in [6.07, 6.45) is 4.57. The van der Waals surface area contributed by atoms with E-state index in [-0.39, 0.29) is 5.92 Å². The second-order valence-electron chi connectivity index (χ2n) is 10.3. The molecule has 0 bridgehead atoms. The van der Waals surface area contributed by atoms with Gasteiger partial charge in [0.2, 0.25) is 0 Å². The van der Waals surface area contributed by atoms with Crippen molar-refractivity contribution in [1.82, 2.24) is 0 Å². The highest BCUT2D eigenvalue weighted by molar-refractivity contribution is 5.89. The van der Waals surface area contributed by atoms with Crippen LogP contribution in [0.3, 0.4) is 0 Å². The lowest BCUT2D eigenvalue weighted by molar-refractivity contribution is 0.448. The molecule has 0 amide bonds. The molecule has 0 fully saturated rings. The maximum atomic E-state index is 6.74. The fraction of sp³-hybridized carbons (Fsp3) is 0.143. The van der Waals surface area contributed by atoms with E-state index in [2.05, 4.69) is 121 Å². The second kappa shape index (κ2) is 8.53. The zero-order valence-electron chi connectivity index (χ0n) is 20.3. The molecule has 2 aliphatic rings. The number of benzene rings is 5. The molecule has 2 N–H and O–H groups in total. The Labute approximate surface area is 212 Å². The summed E-state index contributed by atoms with van der Waals surface area (Å²) in [6.45, 7) is 0. The molecule has 5 aromatic rings. The summed E-state index contributed by atoms with van der Waals surface area (Å²) in [4.78, 5) is 0. The van der Waals surface area contributed by atoms with Gasteiger partial charge in [0.25, 0.3) is 0 Å².